The van der Waals surface area contributed by atoms with Gasteiger partial charge in [-0.05, 0) is 61.1 Å². The molecular formula is C17H22N2. The first-order valence-corrected chi connectivity index (χ1v) is 6.93. The van der Waals surface area contributed by atoms with Crippen molar-refractivity contribution in [3.63, 3.8) is 0 Å². The topological polar surface area (TPSA) is 52.0 Å². The molecule has 19 heavy (non-hydrogen) atoms. The summed E-state index contributed by atoms with van der Waals surface area (Å²) in [6.07, 6.45) is 5.89. The molecule has 0 aromatic heterocycles. The standard InChI is InChI=1S/C17H22N2/c18-16-10-4-8-14(12-16)6-2-1-3-7-15-9-5-11-17(19)13-15/h4-5,8-13H,1-3,6-7,18-19H2. The van der Waals surface area contributed by atoms with Crippen LogP contribution in [0.2, 0.25) is 0 Å². The first-order chi connectivity index (χ1) is 9.24. The second-order valence-electron chi connectivity index (χ2n) is 5.05. The van der Waals surface area contributed by atoms with Gasteiger partial charge in [0.2, 0.25) is 0 Å². The predicted molar refractivity (Wildman–Crippen MR) is 83.0 cm³/mol. The molecule has 0 heterocycles. The molecule has 0 aliphatic rings. The number of unbranched alkanes of at least 4 members (excludes halogenated alkanes) is 2. The van der Waals surface area contributed by atoms with Crippen molar-refractivity contribution >= 4 is 11.4 Å². The Kier molecular flexibility index (Phi) is 4.85. The second kappa shape index (κ2) is 6.83. The molecular weight excluding hydrogens is 232 g/mol. The van der Waals surface area contributed by atoms with Gasteiger partial charge in [-0.3, -0.25) is 0 Å². The Balaban J connectivity index is 1.67. The van der Waals surface area contributed by atoms with Crippen LogP contribution in [0, 0.1) is 0 Å². The Morgan fingerprint density at radius 1 is 0.632 bits per heavy atom. The summed E-state index contributed by atoms with van der Waals surface area (Å²) in [5.74, 6) is 0. The van der Waals surface area contributed by atoms with Crippen LogP contribution in [0.3, 0.4) is 0 Å². The molecule has 2 aromatic rings. The maximum atomic E-state index is 5.77. The van der Waals surface area contributed by atoms with Crippen LogP contribution in [0.5, 0.6) is 0 Å². The molecule has 0 saturated heterocycles. The third-order valence-electron chi connectivity index (χ3n) is 3.33. The smallest absolute Gasteiger partial charge is 0.0316 e. The fraction of sp³-hybridized carbons (Fsp3) is 0.294. The van der Waals surface area contributed by atoms with Gasteiger partial charge in [0, 0.05) is 11.4 Å². The zero-order valence-electron chi connectivity index (χ0n) is 11.3. The largest absolute Gasteiger partial charge is 0.399 e. The summed E-state index contributed by atoms with van der Waals surface area (Å²) in [7, 11) is 0. The minimum absolute atomic E-state index is 0.859. The fourth-order valence-electron chi connectivity index (χ4n) is 2.33. The third kappa shape index (κ3) is 4.66. The summed E-state index contributed by atoms with van der Waals surface area (Å²) >= 11 is 0. The van der Waals surface area contributed by atoms with E-state index in [-0.39, 0.29) is 0 Å². The van der Waals surface area contributed by atoms with Crippen molar-refractivity contribution in [2.45, 2.75) is 32.1 Å². The van der Waals surface area contributed by atoms with E-state index < -0.39 is 0 Å². The molecule has 2 rings (SSSR count). The van der Waals surface area contributed by atoms with E-state index in [1.165, 1.54) is 30.4 Å². The minimum atomic E-state index is 0.859. The van der Waals surface area contributed by atoms with Crippen LogP contribution in [0.25, 0.3) is 0 Å². The Labute approximate surface area is 115 Å². The monoisotopic (exact) mass is 254 g/mol. The van der Waals surface area contributed by atoms with E-state index in [2.05, 4.69) is 24.3 Å². The van der Waals surface area contributed by atoms with Crippen molar-refractivity contribution in [2.75, 3.05) is 11.5 Å². The Hall–Kier alpha value is -1.96. The molecule has 0 amide bonds. The van der Waals surface area contributed by atoms with Crippen molar-refractivity contribution < 1.29 is 0 Å². The maximum Gasteiger partial charge on any atom is 0.0316 e. The molecule has 0 atom stereocenters. The van der Waals surface area contributed by atoms with Crippen molar-refractivity contribution in [3.8, 4) is 0 Å². The highest BCUT2D eigenvalue weighted by molar-refractivity contribution is 5.41. The first kappa shape index (κ1) is 13.5. The van der Waals surface area contributed by atoms with Crippen LogP contribution in [-0.4, -0.2) is 0 Å². The molecule has 2 nitrogen and oxygen atoms in total. The van der Waals surface area contributed by atoms with E-state index in [0.29, 0.717) is 0 Å². The molecule has 0 bridgehead atoms. The molecule has 0 saturated carbocycles. The van der Waals surface area contributed by atoms with Crippen LogP contribution >= 0.6 is 0 Å². The van der Waals surface area contributed by atoms with Gasteiger partial charge in [-0.15, -0.1) is 0 Å². The SMILES string of the molecule is Nc1cccc(CCCCCc2cccc(N)c2)c1. The number of aryl methyl sites for hydroxylation is 2. The van der Waals surface area contributed by atoms with Gasteiger partial charge in [-0.2, -0.15) is 0 Å². The minimum Gasteiger partial charge on any atom is -0.399 e. The lowest BCUT2D eigenvalue weighted by Gasteiger charge is -2.04. The number of rotatable bonds is 6. The fourth-order valence-corrected chi connectivity index (χ4v) is 2.33. The Bertz CT molecular complexity index is 473. The number of anilines is 2. The van der Waals surface area contributed by atoms with Crippen LogP contribution in [0.4, 0.5) is 11.4 Å². The first-order valence-electron chi connectivity index (χ1n) is 6.93. The molecule has 0 aliphatic carbocycles. The molecule has 0 spiro atoms. The van der Waals surface area contributed by atoms with E-state index >= 15 is 0 Å². The van der Waals surface area contributed by atoms with Gasteiger partial charge >= 0.3 is 0 Å². The number of hydrogen-bond acceptors (Lipinski definition) is 2. The summed E-state index contributed by atoms with van der Waals surface area (Å²) in [6.45, 7) is 0. The van der Waals surface area contributed by atoms with E-state index in [1.807, 2.05) is 24.3 Å². The molecule has 0 aliphatic heterocycles. The summed E-state index contributed by atoms with van der Waals surface area (Å²) in [5, 5.41) is 0. The van der Waals surface area contributed by atoms with Crippen molar-refractivity contribution in [1.82, 2.24) is 0 Å². The van der Waals surface area contributed by atoms with Crippen molar-refractivity contribution in [1.29, 1.82) is 0 Å². The summed E-state index contributed by atoms with van der Waals surface area (Å²) < 4.78 is 0. The van der Waals surface area contributed by atoms with Crippen LogP contribution in [0.1, 0.15) is 30.4 Å². The van der Waals surface area contributed by atoms with E-state index in [9.17, 15) is 0 Å². The average Bonchev–Trinajstić information content (AvgIpc) is 2.38. The molecule has 2 heteroatoms. The summed E-state index contributed by atoms with van der Waals surface area (Å²) in [6, 6.07) is 16.3. The predicted octanol–water partition coefficient (Wildman–Crippen LogP) is 3.81. The highest BCUT2D eigenvalue weighted by Crippen LogP contribution is 2.13. The molecule has 2 aromatic carbocycles. The van der Waals surface area contributed by atoms with Gasteiger partial charge in [-0.1, -0.05) is 30.7 Å². The average molecular weight is 254 g/mol. The molecule has 100 valence electrons. The lowest BCUT2D eigenvalue weighted by Crippen LogP contribution is -1.92. The second-order valence-corrected chi connectivity index (χ2v) is 5.05. The number of nitrogens with two attached hydrogens (primary N) is 2. The van der Waals surface area contributed by atoms with Gasteiger partial charge in [0.1, 0.15) is 0 Å². The van der Waals surface area contributed by atoms with Gasteiger partial charge < -0.3 is 11.5 Å². The highest BCUT2D eigenvalue weighted by Gasteiger charge is 1.97. The number of hydrogen-bond donors (Lipinski definition) is 2. The lowest BCUT2D eigenvalue weighted by molar-refractivity contribution is 0.678. The van der Waals surface area contributed by atoms with Gasteiger partial charge in [0.15, 0.2) is 0 Å². The highest BCUT2D eigenvalue weighted by atomic mass is 14.5. The zero-order chi connectivity index (χ0) is 13.5. The van der Waals surface area contributed by atoms with Crippen LogP contribution in [0.15, 0.2) is 48.5 Å². The van der Waals surface area contributed by atoms with Crippen molar-refractivity contribution in [2.24, 2.45) is 0 Å². The van der Waals surface area contributed by atoms with Crippen molar-refractivity contribution in [3.05, 3.63) is 59.7 Å². The molecule has 0 radical (unpaired) electrons. The van der Waals surface area contributed by atoms with E-state index in [1.54, 1.807) is 0 Å². The zero-order valence-corrected chi connectivity index (χ0v) is 11.3. The maximum absolute atomic E-state index is 5.77. The number of nitrogen functional groups attached to an aromatic ring is 2. The Morgan fingerprint density at radius 3 is 1.53 bits per heavy atom. The summed E-state index contributed by atoms with van der Waals surface area (Å²) in [4.78, 5) is 0. The number of benzene rings is 2. The third-order valence-corrected chi connectivity index (χ3v) is 3.33. The molecule has 0 fully saturated rings. The molecule has 0 unspecified atom stereocenters. The molecule has 4 N–H and O–H groups in total. The van der Waals surface area contributed by atoms with Gasteiger partial charge in [0.25, 0.3) is 0 Å². The summed E-state index contributed by atoms with van der Waals surface area (Å²) in [5.41, 5.74) is 15.9. The van der Waals surface area contributed by atoms with Gasteiger partial charge in [-0.25, -0.2) is 0 Å². The van der Waals surface area contributed by atoms with Gasteiger partial charge in [0.05, 0.1) is 0 Å². The quantitative estimate of drug-likeness (QED) is 0.608. The Morgan fingerprint density at radius 2 is 1.11 bits per heavy atom. The van der Waals surface area contributed by atoms with Crippen LogP contribution in [-0.2, 0) is 12.8 Å². The lowest BCUT2D eigenvalue weighted by atomic mass is 10.0. The van der Waals surface area contributed by atoms with E-state index in [4.69, 9.17) is 11.5 Å². The normalized spacial score (nSPS) is 10.5. The van der Waals surface area contributed by atoms with Crippen LogP contribution < -0.4 is 11.5 Å². The van der Waals surface area contributed by atoms with E-state index in [0.717, 1.165) is 24.2 Å².